The number of likely N-dealkylation sites (N-methyl/N-ethyl adjacent to an activating group) is 2. The zero-order valence-electron chi connectivity index (χ0n) is 17.8. The average Bonchev–Trinajstić information content (AvgIpc) is 3.31. The van der Waals surface area contributed by atoms with Gasteiger partial charge in [-0.25, -0.2) is 0 Å². The van der Waals surface area contributed by atoms with Crippen molar-refractivity contribution in [1.29, 1.82) is 0 Å². The topological polar surface area (TPSA) is 99.6 Å². The molecule has 0 radical (unpaired) electrons. The van der Waals surface area contributed by atoms with E-state index < -0.39 is 5.54 Å². The van der Waals surface area contributed by atoms with E-state index in [2.05, 4.69) is 15.7 Å². The number of nitrogens with one attached hydrogen (secondary N) is 2. The van der Waals surface area contributed by atoms with Crippen LogP contribution in [0.4, 0.5) is 0 Å². The quantitative estimate of drug-likeness (QED) is 0.688. The number of nitrogens with zero attached hydrogens (tertiary/aromatic N) is 4. The van der Waals surface area contributed by atoms with Crippen molar-refractivity contribution >= 4 is 17.7 Å². The predicted molar refractivity (Wildman–Crippen MR) is 109 cm³/mol. The van der Waals surface area contributed by atoms with Gasteiger partial charge in [0, 0.05) is 31.7 Å². The molecule has 0 spiro atoms. The molecule has 1 fully saturated rings. The summed E-state index contributed by atoms with van der Waals surface area (Å²) in [6, 6.07) is 1.69. The highest BCUT2D eigenvalue weighted by molar-refractivity contribution is 6.01. The number of amides is 3. The lowest BCUT2D eigenvalue weighted by atomic mass is 9.94. The SMILES string of the molecule is CCN1C(=O)c2cc(C(=O)NCCN(C)C)nn2C[C@]1(C)C(=O)NC1CCCC1. The number of rotatable bonds is 7. The molecule has 2 N–H and O–H groups in total. The molecular formula is C20H32N6O3. The van der Waals surface area contributed by atoms with Crippen LogP contribution in [0.25, 0.3) is 0 Å². The Hall–Kier alpha value is -2.42. The second kappa shape index (κ2) is 8.52. The van der Waals surface area contributed by atoms with Gasteiger partial charge in [-0.3, -0.25) is 19.1 Å². The second-order valence-corrected chi connectivity index (χ2v) is 8.41. The Morgan fingerprint density at radius 3 is 2.62 bits per heavy atom. The standard InChI is InChI=1S/C20H32N6O3/c1-5-25-18(28)16-12-15(17(27)21-10-11-24(3)4)23-26(16)13-20(25,2)19(29)22-14-8-6-7-9-14/h12,14H,5-11,13H2,1-4H3,(H,21,27)(H,22,29)/t20-/m1/s1. The molecule has 1 saturated carbocycles. The normalized spacial score (nSPS) is 22.1. The molecule has 1 aliphatic heterocycles. The fourth-order valence-electron chi connectivity index (χ4n) is 4.14. The molecule has 0 saturated heterocycles. The minimum atomic E-state index is -1.04. The Balaban J connectivity index is 1.79. The van der Waals surface area contributed by atoms with E-state index in [9.17, 15) is 14.4 Å². The molecule has 0 bridgehead atoms. The van der Waals surface area contributed by atoms with Crippen molar-refractivity contribution in [1.82, 2.24) is 30.2 Å². The van der Waals surface area contributed by atoms with Crippen LogP contribution in [0.2, 0.25) is 0 Å². The van der Waals surface area contributed by atoms with Gasteiger partial charge < -0.3 is 20.4 Å². The Morgan fingerprint density at radius 2 is 2.00 bits per heavy atom. The number of hydrogen-bond acceptors (Lipinski definition) is 5. The zero-order chi connectivity index (χ0) is 21.2. The van der Waals surface area contributed by atoms with E-state index in [1.54, 1.807) is 11.8 Å². The molecule has 2 aliphatic rings. The first-order chi connectivity index (χ1) is 13.8. The summed E-state index contributed by atoms with van der Waals surface area (Å²) in [5, 5.41) is 10.3. The van der Waals surface area contributed by atoms with E-state index in [-0.39, 0.29) is 36.0 Å². The number of carbonyl (C=O) groups excluding carboxylic acids is 3. The molecule has 1 aliphatic carbocycles. The Bertz CT molecular complexity index is 783. The Morgan fingerprint density at radius 1 is 1.31 bits per heavy atom. The van der Waals surface area contributed by atoms with Gasteiger partial charge in [0.2, 0.25) is 5.91 Å². The average molecular weight is 405 g/mol. The molecule has 2 heterocycles. The smallest absolute Gasteiger partial charge is 0.273 e. The molecule has 0 unspecified atom stereocenters. The number of hydrogen-bond donors (Lipinski definition) is 2. The van der Waals surface area contributed by atoms with Gasteiger partial charge in [0.15, 0.2) is 5.69 Å². The van der Waals surface area contributed by atoms with Gasteiger partial charge in [-0.15, -0.1) is 0 Å². The first-order valence-corrected chi connectivity index (χ1v) is 10.4. The predicted octanol–water partition coefficient (Wildman–Crippen LogP) is 0.468. The maximum Gasteiger partial charge on any atom is 0.273 e. The third-order valence-electron chi connectivity index (χ3n) is 5.87. The Kier molecular flexibility index (Phi) is 6.26. The molecule has 3 amide bonds. The molecule has 3 rings (SSSR count). The monoisotopic (exact) mass is 404 g/mol. The minimum absolute atomic E-state index is 0.155. The summed E-state index contributed by atoms with van der Waals surface area (Å²) in [4.78, 5) is 42.2. The fourth-order valence-corrected chi connectivity index (χ4v) is 4.14. The summed E-state index contributed by atoms with van der Waals surface area (Å²) >= 11 is 0. The van der Waals surface area contributed by atoms with Crippen LogP contribution in [0.1, 0.15) is 60.5 Å². The highest BCUT2D eigenvalue weighted by Crippen LogP contribution is 2.28. The molecule has 1 aromatic rings. The van der Waals surface area contributed by atoms with Crippen LogP contribution in [0, 0.1) is 0 Å². The van der Waals surface area contributed by atoms with Gasteiger partial charge >= 0.3 is 0 Å². The highest BCUT2D eigenvalue weighted by Gasteiger charge is 2.48. The van der Waals surface area contributed by atoms with E-state index in [0.717, 1.165) is 25.7 Å². The van der Waals surface area contributed by atoms with Crippen LogP contribution in [0.3, 0.4) is 0 Å². The van der Waals surface area contributed by atoms with Crippen LogP contribution >= 0.6 is 0 Å². The molecule has 29 heavy (non-hydrogen) atoms. The summed E-state index contributed by atoms with van der Waals surface area (Å²) in [5.41, 5.74) is -0.495. The van der Waals surface area contributed by atoms with E-state index in [1.807, 2.05) is 25.9 Å². The number of fused-ring (bicyclic) bond motifs is 1. The number of aromatic nitrogens is 2. The highest BCUT2D eigenvalue weighted by atomic mass is 16.2. The lowest BCUT2D eigenvalue weighted by molar-refractivity contribution is -0.133. The van der Waals surface area contributed by atoms with Crippen molar-refractivity contribution in [2.45, 2.75) is 57.7 Å². The summed E-state index contributed by atoms with van der Waals surface area (Å²) in [6.45, 7) is 5.47. The summed E-state index contributed by atoms with van der Waals surface area (Å²) in [6.07, 6.45) is 4.19. The Labute approximate surface area is 171 Å². The van der Waals surface area contributed by atoms with Crippen LogP contribution in [-0.2, 0) is 11.3 Å². The zero-order valence-corrected chi connectivity index (χ0v) is 17.8. The summed E-state index contributed by atoms with van der Waals surface area (Å²) < 4.78 is 1.50. The molecule has 0 aromatic carbocycles. The molecule has 9 heteroatoms. The van der Waals surface area contributed by atoms with E-state index >= 15 is 0 Å². The van der Waals surface area contributed by atoms with E-state index in [1.165, 1.54) is 10.7 Å². The molecular weight excluding hydrogens is 372 g/mol. The van der Waals surface area contributed by atoms with Crippen molar-refractivity contribution in [3.63, 3.8) is 0 Å². The van der Waals surface area contributed by atoms with Crippen molar-refractivity contribution in [2.24, 2.45) is 0 Å². The van der Waals surface area contributed by atoms with Crippen LogP contribution in [-0.4, -0.2) is 82.6 Å². The third-order valence-corrected chi connectivity index (χ3v) is 5.87. The van der Waals surface area contributed by atoms with Crippen molar-refractivity contribution in [3.8, 4) is 0 Å². The maximum absolute atomic E-state index is 13.1. The van der Waals surface area contributed by atoms with Gasteiger partial charge in [-0.2, -0.15) is 5.10 Å². The van der Waals surface area contributed by atoms with Gasteiger partial charge in [-0.05, 0) is 40.8 Å². The minimum Gasteiger partial charge on any atom is -0.351 e. The van der Waals surface area contributed by atoms with Crippen LogP contribution < -0.4 is 10.6 Å². The van der Waals surface area contributed by atoms with Crippen molar-refractivity contribution < 1.29 is 14.4 Å². The largest absolute Gasteiger partial charge is 0.351 e. The van der Waals surface area contributed by atoms with Gasteiger partial charge in [-0.1, -0.05) is 12.8 Å². The van der Waals surface area contributed by atoms with Crippen LogP contribution in [0.15, 0.2) is 6.07 Å². The lowest BCUT2D eigenvalue weighted by Gasteiger charge is -2.43. The van der Waals surface area contributed by atoms with E-state index in [0.29, 0.717) is 25.3 Å². The summed E-state index contributed by atoms with van der Waals surface area (Å²) in [5.74, 6) is -0.748. The van der Waals surface area contributed by atoms with Crippen LogP contribution in [0.5, 0.6) is 0 Å². The lowest BCUT2D eigenvalue weighted by Crippen LogP contribution is -2.64. The van der Waals surface area contributed by atoms with Gasteiger partial charge in [0.05, 0.1) is 6.54 Å². The fraction of sp³-hybridized carbons (Fsp3) is 0.700. The first kappa shape index (κ1) is 21.3. The van der Waals surface area contributed by atoms with Crippen molar-refractivity contribution in [2.75, 3.05) is 33.7 Å². The van der Waals surface area contributed by atoms with E-state index in [4.69, 9.17) is 0 Å². The number of carbonyl (C=O) groups is 3. The van der Waals surface area contributed by atoms with Gasteiger partial charge in [0.25, 0.3) is 11.8 Å². The van der Waals surface area contributed by atoms with Gasteiger partial charge in [0.1, 0.15) is 11.2 Å². The maximum atomic E-state index is 13.1. The van der Waals surface area contributed by atoms with Crippen molar-refractivity contribution in [3.05, 3.63) is 17.5 Å². The third kappa shape index (κ3) is 4.29. The molecule has 1 aromatic heterocycles. The summed E-state index contributed by atoms with van der Waals surface area (Å²) in [7, 11) is 3.86. The first-order valence-electron chi connectivity index (χ1n) is 10.4. The molecule has 9 nitrogen and oxygen atoms in total. The second-order valence-electron chi connectivity index (χ2n) is 8.41. The molecule has 160 valence electrons. The molecule has 1 atom stereocenters.